The molecule has 0 radical (unpaired) electrons. The Labute approximate surface area is 117 Å². The Balaban J connectivity index is 2.16. The van der Waals surface area contributed by atoms with Gasteiger partial charge in [-0.05, 0) is 40.8 Å². The number of nitrogens with zero attached hydrogens (tertiary/aromatic N) is 3. The molecule has 0 aliphatic carbocycles. The Morgan fingerprint density at radius 2 is 2.33 bits per heavy atom. The van der Waals surface area contributed by atoms with Crippen molar-refractivity contribution in [2.24, 2.45) is 7.05 Å². The van der Waals surface area contributed by atoms with Gasteiger partial charge in [-0.2, -0.15) is 5.10 Å². The summed E-state index contributed by atoms with van der Waals surface area (Å²) >= 11 is 2.09. The molecule has 1 N–H and O–H groups in total. The second-order valence-electron chi connectivity index (χ2n) is 3.54. The van der Waals surface area contributed by atoms with Crippen LogP contribution in [0.3, 0.4) is 0 Å². The van der Waals surface area contributed by atoms with Crippen LogP contribution in [0, 0.1) is 3.57 Å². The van der Waals surface area contributed by atoms with Crippen molar-refractivity contribution >= 4 is 28.6 Å². The van der Waals surface area contributed by atoms with E-state index < -0.39 is 5.97 Å². The summed E-state index contributed by atoms with van der Waals surface area (Å²) in [7, 11) is 1.77. The third-order valence-electron chi connectivity index (χ3n) is 2.34. The molecule has 0 aliphatic heterocycles. The highest BCUT2D eigenvalue weighted by molar-refractivity contribution is 14.1. The lowest BCUT2D eigenvalue weighted by molar-refractivity contribution is 0.0696. The number of carboxylic acids is 1. The zero-order chi connectivity index (χ0) is 13.1. The number of hydrogen-bond donors (Lipinski definition) is 1. The lowest BCUT2D eigenvalue weighted by Gasteiger charge is -2.08. The monoisotopic (exact) mass is 359 g/mol. The van der Waals surface area contributed by atoms with E-state index in [-0.39, 0.29) is 12.2 Å². The summed E-state index contributed by atoms with van der Waals surface area (Å²) in [5.74, 6) is 0.222. The van der Waals surface area contributed by atoms with Gasteiger partial charge in [-0.15, -0.1) is 0 Å². The van der Waals surface area contributed by atoms with Crippen LogP contribution in [0.1, 0.15) is 16.2 Å². The lowest BCUT2D eigenvalue weighted by Crippen LogP contribution is -2.06. The van der Waals surface area contributed by atoms with Gasteiger partial charge in [0.2, 0.25) is 0 Å². The fourth-order valence-electron chi connectivity index (χ4n) is 1.34. The highest BCUT2D eigenvalue weighted by Crippen LogP contribution is 2.23. The number of aryl methyl sites for hydroxylation is 1. The molecule has 18 heavy (non-hydrogen) atoms. The standard InChI is InChI=1S/C11H10IN3O3/c1-15-10(13-6-14-15)5-18-9-4-7(11(16)17)2-3-8(9)12/h2-4,6H,5H2,1H3,(H,16,17). The first-order valence-corrected chi connectivity index (χ1v) is 6.14. The van der Waals surface area contributed by atoms with Crippen LogP contribution in [0.2, 0.25) is 0 Å². The van der Waals surface area contributed by atoms with Gasteiger partial charge >= 0.3 is 5.97 Å². The molecule has 2 aromatic rings. The van der Waals surface area contributed by atoms with Gasteiger partial charge in [0.1, 0.15) is 18.7 Å². The molecule has 6 nitrogen and oxygen atoms in total. The maximum atomic E-state index is 10.9. The number of carbonyl (C=O) groups is 1. The molecular weight excluding hydrogens is 349 g/mol. The molecule has 0 atom stereocenters. The van der Waals surface area contributed by atoms with E-state index in [0.717, 1.165) is 3.57 Å². The van der Waals surface area contributed by atoms with Gasteiger partial charge in [-0.3, -0.25) is 4.68 Å². The third-order valence-corrected chi connectivity index (χ3v) is 3.23. The molecule has 7 heteroatoms. The fraction of sp³-hybridized carbons (Fsp3) is 0.182. The zero-order valence-corrected chi connectivity index (χ0v) is 11.7. The van der Waals surface area contributed by atoms with E-state index in [2.05, 4.69) is 32.7 Å². The number of rotatable bonds is 4. The molecule has 0 bridgehead atoms. The molecular formula is C11H10IN3O3. The predicted octanol–water partition coefficient (Wildman–Crippen LogP) is 1.70. The molecule has 1 aromatic heterocycles. The molecule has 0 amide bonds. The number of carboxylic acid groups (broad SMARTS) is 1. The average molecular weight is 359 g/mol. The van der Waals surface area contributed by atoms with Gasteiger partial charge in [0.05, 0.1) is 9.13 Å². The van der Waals surface area contributed by atoms with Crippen LogP contribution >= 0.6 is 22.6 Å². The van der Waals surface area contributed by atoms with Crippen molar-refractivity contribution in [2.45, 2.75) is 6.61 Å². The minimum Gasteiger partial charge on any atom is -0.484 e. The van der Waals surface area contributed by atoms with Crippen molar-refractivity contribution in [3.8, 4) is 5.75 Å². The van der Waals surface area contributed by atoms with E-state index in [1.165, 1.54) is 12.4 Å². The molecule has 0 saturated heterocycles. The van der Waals surface area contributed by atoms with Gasteiger partial charge in [-0.1, -0.05) is 0 Å². The maximum absolute atomic E-state index is 10.9. The highest BCUT2D eigenvalue weighted by atomic mass is 127. The van der Waals surface area contributed by atoms with Crippen LogP contribution in [0.15, 0.2) is 24.5 Å². The Morgan fingerprint density at radius 1 is 1.56 bits per heavy atom. The van der Waals surface area contributed by atoms with E-state index in [9.17, 15) is 4.79 Å². The first-order chi connectivity index (χ1) is 8.58. The zero-order valence-electron chi connectivity index (χ0n) is 9.50. The van der Waals surface area contributed by atoms with Gasteiger partial charge in [0, 0.05) is 7.05 Å². The highest BCUT2D eigenvalue weighted by Gasteiger charge is 2.09. The Hall–Kier alpha value is -1.64. The number of halogens is 1. The van der Waals surface area contributed by atoms with Crippen LogP contribution in [0.4, 0.5) is 0 Å². The average Bonchev–Trinajstić information content (AvgIpc) is 2.73. The van der Waals surface area contributed by atoms with E-state index in [1.54, 1.807) is 23.9 Å². The van der Waals surface area contributed by atoms with Crippen LogP contribution < -0.4 is 4.74 Å². The molecule has 0 saturated carbocycles. The predicted molar refractivity (Wildman–Crippen MR) is 71.5 cm³/mol. The largest absolute Gasteiger partial charge is 0.484 e. The first-order valence-electron chi connectivity index (χ1n) is 5.06. The number of ether oxygens (including phenoxy) is 1. The minimum atomic E-state index is -0.977. The molecule has 94 valence electrons. The van der Waals surface area contributed by atoms with Crippen molar-refractivity contribution in [2.75, 3.05) is 0 Å². The van der Waals surface area contributed by atoms with Crippen LogP contribution in [-0.4, -0.2) is 25.8 Å². The number of benzene rings is 1. The second-order valence-corrected chi connectivity index (χ2v) is 4.70. The SMILES string of the molecule is Cn1ncnc1COc1cc(C(=O)O)ccc1I. The van der Waals surface area contributed by atoms with Gasteiger partial charge in [0.25, 0.3) is 0 Å². The molecule has 0 fully saturated rings. The minimum absolute atomic E-state index is 0.198. The third kappa shape index (κ3) is 2.78. The Bertz CT molecular complexity index is 583. The molecule has 1 heterocycles. The van der Waals surface area contributed by atoms with Crippen molar-refractivity contribution in [3.63, 3.8) is 0 Å². The molecule has 0 aliphatic rings. The van der Waals surface area contributed by atoms with E-state index in [0.29, 0.717) is 11.6 Å². The summed E-state index contributed by atoms with van der Waals surface area (Å²) in [5.41, 5.74) is 0.198. The van der Waals surface area contributed by atoms with Gasteiger partial charge in [-0.25, -0.2) is 9.78 Å². The molecule has 2 rings (SSSR count). The normalized spacial score (nSPS) is 10.3. The van der Waals surface area contributed by atoms with E-state index >= 15 is 0 Å². The van der Waals surface area contributed by atoms with Crippen LogP contribution in [0.5, 0.6) is 5.75 Å². The summed E-state index contributed by atoms with van der Waals surface area (Å²) in [4.78, 5) is 14.9. The summed E-state index contributed by atoms with van der Waals surface area (Å²) in [6.45, 7) is 0.246. The van der Waals surface area contributed by atoms with Crippen molar-refractivity contribution in [1.82, 2.24) is 14.8 Å². The second kappa shape index (κ2) is 5.34. The van der Waals surface area contributed by atoms with Gasteiger partial charge in [0.15, 0.2) is 5.82 Å². The number of aromatic carboxylic acids is 1. The lowest BCUT2D eigenvalue weighted by atomic mass is 10.2. The summed E-state index contributed by atoms with van der Waals surface area (Å²) < 4.78 is 8.01. The number of hydrogen-bond acceptors (Lipinski definition) is 4. The van der Waals surface area contributed by atoms with Crippen molar-refractivity contribution in [1.29, 1.82) is 0 Å². The summed E-state index contributed by atoms with van der Waals surface area (Å²) in [6, 6.07) is 4.75. The maximum Gasteiger partial charge on any atom is 0.335 e. The number of aromatic nitrogens is 3. The fourth-order valence-corrected chi connectivity index (χ4v) is 1.83. The van der Waals surface area contributed by atoms with Crippen LogP contribution in [-0.2, 0) is 13.7 Å². The summed E-state index contributed by atoms with van der Waals surface area (Å²) in [5, 5.41) is 12.8. The van der Waals surface area contributed by atoms with Crippen molar-refractivity contribution < 1.29 is 14.6 Å². The molecule has 1 aromatic carbocycles. The van der Waals surface area contributed by atoms with Crippen LogP contribution in [0.25, 0.3) is 0 Å². The Morgan fingerprint density at radius 3 is 2.94 bits per heavy atom. The van der Waals surface area contributed by atoms with Gasteiger partial charge < -0.3 is 9.84 Å². The summed E-state index contributed by atoms with van der Waals surface area (Å²) in [6.07, 6.45) is 1.44. The van der Waals surface area contributed by atoms with E-state index in [1.807, 2.05) is 0 Å². The smallest absolute Gasteiger partial charge is 0.335 e. The quantitative estimate of drug-likeness (QED) is 0.841. The molecule has 0 unspecified atom stereocenters. The first kappa shape index (κ1) is 12.8. The van der Waals surface area contributed by atoms with Crippen molar-refractivity contribution in [3.05, 3.63) is 39.5 Å². The topological polar surface area (TPSA) is 77.2 Å². The van der Waals surface area contributed by atoms with E-state index in [4.69, 9.17) is 9.84 Å². The Kier molecular flexibility index (Phi) is 3.80. The molecule has 0 spiro atoms.